The molecule has 0 saturated heterocycles. The zero-order chi connectivity index (χ0) is 28.9. The summed E-state index contributed by atoms with van der Waals surface area (Å²) < 4.78 is 0. The summed E-state index contributed by atoms with van der Waals surface area (Å²) >= 11 is 0. The molecule has 0 bridgehead atoms. The topological polar surface area (TPSA) is 162 Å². The monoisotopic (exact) mass is 554 g/mol. The molecule has 0 radical (unpaired) electrons. The van der Waals surface area contributed by atoms with Crippen LogP contribution in [0, 0.1) is 11.8 Å². The van der Waals surface area contributed by atoms with E-state index in [1.807, 2.05) is 44.2 Å². The van der Waals surface area contributed by atoms with Crippen LogP contribution in [0.2, 0.25) is 0 Å². The molecule has 1 aliphatic rings. The highest BCUT2D eigenvalue weighted by molar-refractivity contribution is 5.90. The number of aliphatic hydroxyl groups is 1. The zero-order valence-electron chi connectivity index (χ0n) is 23.8. The summed E-state index contributed by atoms with van der Waals surface area (Å²) in [4.78, 5) is 46.2. The summed E-state index contributed by atoms with van der Waals surface area (Å²) in [7, 11) is 0. The van der Waals surface area contributed by atoms with Gasteiger partial charge in [-0.15, -0.1) is 0 Å². The second-order valence-electron chi connectivity index (χ2n) is 11.5. The lowest BCUT2D eigenvalue weighted by Crippen LogP contribution is -2.56. The summed E-state index contributed by atoms with van der Waals surface area (Å²) in [6.07, 6.45) is 8.52. The Kier molecular flexibility index (Phi) is 12.6. The van der Waals surface area contributed by atoms with Crippen LogP contribution >= 0.6 is 0 Å². The lowest BCUT2D eigenvalue weighted by molar-refractivity contribution is -0.131. The minimum Gasteiger partial charge on any atom is -0.390 e. The van der Waals surface area contributed by atoms with Crippen molar-refractivity contribution in [2.24, 2.45) is 17.6 Å². The molecule has 3 amide bonds. The number of hydrogen-bond acceptors (Lipinski definition) is 6. The maximum atomic E-state index is 13.6. The number of benzene rings is 1. The second-order valence-corrected chi connectivity index (χ2v) is 11.5. The van der Waals surface area contributed by atoms with Crippen LogP contribution in [-0.4, -0.2) is 63.6 Å². The Balaban J connectivity index is 1.70. The first-order chi connectivity index (χ1) is 19.2. The van der Waals surface area contributed by atoms with Crippen LogP contribution < -0.4 is 21.7 Å². The van der Waals surface area contributed by atoms with Crippen LogP contribution in [0.15, 0.2) is 42.9 Å². The van der Waals surface area contributed by atoms with Crippen molar-refractivity contribution < 1.29 is 19.5 Å². The molecule has 220 valence electrons. The van der Waals surface area contributed by atoms with Crippen LogP contribution in [-0.2, 0) is 27.2 Å². The molecule has 1 heterocycles. The normalized spacial score (nSPS) is 17.0. The van der Waals surface area contributed by atoms with Crippen molar-refractivity contribution in [2.75, 3.05) is 6.54 Å². The van der Waals surface area contributed by atoms with Crippen LogP contribution in [0.25, 0.3) is 0 Å². The third kappa shape index (κ3) is 10.7. The molecule has 2 aromatic rings. The van der Waals surface area contributed by atoms with E-state index in [1.165, 1.54) is 12.7 Å². The van der Waals surface area contributed by atoms with Gasteiger partial charge in [-0.2, -0.15) is 0 Å². The van der Waals surface area contributed by atoms with Gasteiger partial charge >= 0.3 is 0 Å². The number of imidazole rings is 1. The van der Waals surface area contributed by atoms with Crippen molar-refractivity contribution in [1.29, 1.82) is 0 Å². The minimum atomic E-state index is -1.05. The van der Waals surface area contributed by atoms with Crippen molar-refractivity contribution in [3.05, 3.63) is 54.1 Å². The fraction of sp³-hybridized carbons (Fsp3) is 0.600. The van der Waals surface area contributed by atoms with E-state index in [0.717, 1.165) is 31.2 Å². The number of nitrogens with two attached hydrogens (primary N) is 1. The molecule has 0 spiro atoms. The molecule has 4 atom stereocenters. The van der Waals surface area contributed by atoms with Crippen molar-refractivity contribution in [3.8, 4) is 0 Å². The fourth-order valence-electron chi connectivity index (χ4n) is 5.16. The lowest BCUT2D eigenvalue weighted by atomic mass is 9.83. The Bertz CT molecular complexity index is 1040. The highest BCUT2D eigenvalue weighted by Crippen LogP contribution is 2.28. The molecule has 1 fully saturated rings. The van der Waals surface area contributed by atoms with Gasteiger partial charge in [-0.05, 0) is 30.2 Å². The van der Waals surface area contributed by atoms with Gasteiger partial charge in [0.15, 0.2) is 0 Å². The first-order valence-corrected chi connectivity index (χ1v) is 14.5. The molecule has 1 unspecified atom stereocenters. The molecule has 10 heteroatoms. The molecule has 1 aromatic carbocycles. The van der Waals surface area contributed by atoms with Crippen LogP contribution in [0.1, 0.15) is 70.1 Å². The summed E-state index contributed by atoms with van der Waals surface area (Å²) in [5.74, 6) is -0.483. The number of aliphatic hydroxyl groups excluding tert-OH is 1. The van der Waals surface area contributed by atoms with Gasteiger partial charge in [-0.3, -0.25) is 14.4 Å². The van der Waals surface area contributed by atoms with Gasteiger partial charge in [0.25, 0.3) is 0 Å². The van der Waals surface area contributed by atoms with E-state index in [9.17, 15) is 19.5 Å². The number of carbonyl (C=O) groups excluding carboxylic acids is 3. The highest BCUT2D eigenvalue weighted by Gasteiger charge is 2.31. The number of nitrogens with one attached hydrogen (secondary N) is 4. The molecule has 0 aliphatic heterocycles. The Morgan fingerprint density at radius 3 is 2.42 bits per heavy atom. The number of amides is 3. The number of rotatable bonds is 15. The number of hydrogen-bond donors (Lipinski definition) is 6. The SMILES string of the molecule is CC(C)CNC(=O)C[C@H](O)[C@H](CC1CCCCC1)NC(=O)[C@H](Cc1cnc[nH]1)NC(=O)C(N)Cc1ccccc1. The number of carbonyl (C=O) groups is 3. The standard InChI is InChI=1S/C30H46N6O4/c1-20(2)17-33-28(38)16-27(37)25(14-22-11-7-4-8-12-22)35-30(40)26(15-23-18-32-19-34-23)36-29(39)24(31)13-21-9-5-3-6-10-21/h3,5-6,9-10,18-20,22,24-27,37H,4,7-8,11-17,31H2,1-2H3,(H,32,34)(H,33,38)(H,35,40)(H,36,39)/t24?,25-,26-,27-/m0/s1. The average molecular weight is 555 g/mol. The maximum Gasteiger partial charge on any atom is 0.243 e. The van der Waals surface area contributed by atoms with Gasteiger partial charge in [0.2, 0.25) is 17.7 Å². The number of aromatic amines is 1. The zero-order valence-corrected chi connectivity index (χ0v) is 23.8. The Labute approximate surface area is 237 Å². The van der Waals surface area contributed by atoms with Crippen LogP contribution in [0.4, 0.5) is 0 Å². The van der Waals surface area contributed by atoms with E-state index in [0.29, 0.717) is 36.9 Å². The molecule has 1 saturated carbocycles. The Hall–Kier alpha value is -3.24. The summed E-state index contributed by atoms with van der Waals surface area (Å²) in [6.45, 7) is 4.53. The first-order valence-electron chi connectivity index (χ1n) is 14.5. The smallest absolute Gasteiger partial charge is 0.243 e. The Morgan fingerprint density at radius 1 is 1.05 bits per heavy atom. The van der Waals surface area contributed by atoms with Gasteiger partial charge in [0, 0.05) is 24.9 Å². The van der Waals surface area contributed by atoms with Crippen molar-refractivity contribution in [1.82, 2.24) is 25.9 Å². The summed E-state index contributed by atoms with van der Waals surface area (Å²) in [5.41, 5.74) is 7.80. The molecule has 40 heavy (non-hydrogen) atoms. The molecule has 1 aliphatic carbocycles. The highest BCUT2D eigenvalue weighted by atomic mass is 16.3. The van der Waals surface area contributed by atoms with Crippen LogP contribution in [0.5, 0.6) is 0 Å². The van der Waals surface area contributed by atoms with E-state index in [4.69, 9.17) is 5.73 Å². The van der Waals surface area contributed by atoms with Gasteiger partial charge in [0.05, 0.1) is 30.9 Å². The van der Waals surface area contributed by atoms with E-state index < -0.39 is 36.0 Å². The fourth-order valence-corrected chi connectivity index (χ4v) is 5.16. The average Bonchev–Trinajstić information content (AvgIpc) is 3.45. The third-order valence-electron chi connectivity index (χ3n) is 7.45. The number of nitrogens with zero attached hydrogens (tertiary/aromatic N) is 1. The number of H-pyrrole nitrogens is 1. The predicted molar refractivity (Wildman–Crippen MR) is 154 cm³/mol. The molecular formula is C30H46N6O4. The van der Waals surface area contributed by atoms with E-state index >= 15 is 0 Å². The van der Waals surface area contributed by atoms with Crippen molar-refractivity contribution in [3.63, 3.8) is 0 Å². The number of aromatic nitrogens is 2. The maximum absolute atomic E-state index is 13.6. The van der Waals surface area contributed by atoms with Crippen molar-refractivity contribution in [2.45, 2.75) is 95.9 Å². The van der Waals surface area contributed by atoms with E-state index in [2.05, 4.69) is 25.9 Å². The van der Waals surface area contributed by atoms with Gasteiger partial charge in [-0.25, -0.2) is 4.98 Å². The van der Waals surface area contributed by atoms with Crippen LogP contribution in [0.3, 0.4) is 0 Å². The second kappa shape index (κ2) is 16.1. The van der Waals surface area contributed by atoms with E-state index in [-0.39, 0.29) is 18.7 Å². The molecule has 10 nitrogen and oxygen atoms in total. The largest absolute Gasteiger partial charge is 0.390 e. The summed E-state index contributed by atoms with van der Waals surface area (Å²) in [6, 6.07) is 7.06. The molecule has 1 aromatic heterocycles. The Morgan fingerprint density at radius 2 is 1.77 bits per heavy atom. The van der Waals surface area contributed by atoms with E-state index in [1.54, 1.807) is 6.20 Å². The van der Waals surface area contributed by atoms with Crippen molar-refractivity contribution >= 4 is 17.7 Å². The van der Waals surface area contributed by atoms with Gasteiger partial charge in [-0.1, -0.05) is 76.3 Å². The first kappa shape index (κ1) is 31.3. The quantitative estimate of drug-likeness (QED) is 0.197. The molecule has 3 rings (SSSR count). The predicted octanol–water partition coefficient (Wildman–Crippen LogP) is 1.99. The molecule has 7 N–H and O–H groups in total. The van der Waals surface area contributed by atoms with Gasteiger partial charge < -0.3 is 31.8 Å². The summed E-state index contributed by atoms with van der Waals surface area (Å²) in [5, 5.41) is 19.7. The minimum absolute atomic E-state index is 0.107. The van der Waals surface area contributed by atoms with Gasteiger partial charge in [0.1, 0.15) is 6.04 Å². The third-order valence-corrected chi connectivity index (χ3v) is 7.45. The lowest BCUT2D eigenvalue weighted by Gasteiger charge is -2.31. The molecular weight excluding hydrogens is 508 g/mol.